The van der Waals surface area contributed by atoms with E-state index in [4.69, 9.17) is 5.73 Å². The topological polar surface area (TPSA) is 72.2 Å². The quantitative estimate of drug-likeness (QED) is 0.843. The monoisotopic (exact) mass is 308 g/mol. The van der Waals surface area contributed by atoms with Crippen molar-refractivity contribution < 1.29 is 8.42 Å². The van der Waals surface area contributed by atoms with Crippen LogP contribution in [0.25, 0.3) is 0 Å². The highest BCUT2D eigenvalue weighted by Gasteiger charge is 2.41. The Morgan fingerprint density at radius 1 is 1.14 bits per heavy atom. The van der Waals surface area contributed by atoms with Crippen molar-refractivity contribution in [2.24, 2.45) is 11.8 Å². The minimum absolute atomic E-state index is 0.107. The van der Waals surface area contributed by atoms with Gasteiger partial charge in [-0.15, -0.1) is 0 Å². The van der Waals surface area contributed by atoms with Crippen molar-refractivity contribution >= 4 is 15.7 Å². The maximum atomic E-state index is 12.8. The lowest BCUT2D eigenvalue weighted by molar-refractivity contribution is 0.390. The molecule has 0 radical (unpaired) electrons. The molecule has 3 rings (SSSR count). The lowest BCUT2D eigenvalue weighted by Crippen LogP contribution is -2.39. The van der Waals surface area contributed by atoms with Gasteiger partial charge in [-0.2, -0.15) is 0 Å². The zero-order chi connectivity index (χ0) is 15.4. The average molecular weight is 308 g/mol. The number of aryl methyl sites for hydroxylation is 2. The summed E-state index contributed by atoms with van der Waals surface area (Å²) in [6, 6.07) is 1.97. The Hall–Kier alpha value is -1.07. The second-order valence-corrected chi connectivity index (χ2v) is 8.43. The molecule has 2 fully saturated rings. The van der Waals surface area contributed by atoms with Gasteiger partial charge < -0.3 is 5.73 Å². The van der Waals surface area contributed by atoms with Crippen LogP contribution in [0.1, 0.15) is 42.4 Å². The fourth-order valence-corrected chi connectivity index (χ4v) is 6.04. The molecule has 3 atom stereocenters. The molecule has 2 saturated carbocycles. The molecule has 0 heterocycles. The summed E-state index contributed by atoms with van der Waals surface area (Å²) >= 11 is 0. The first-order valence-electron chi connectivity index (χ1n) is 7.68. The Labute approximate surface area is 127 Å². The van der Waals surface area contributed by atoms with Crippen LogP contribution in [0.2, 0.25) is 0 Å². The van der Waals surface area contributed by atoms with Crippen molar-refractivity contribution in [3.05, 3.63) is 22.8 Å². The number of anilines is 1. The van der Waals surface area contributed by atoms with Gasteiger partial charge in [0.2, 0.25) is 10.0 Å². The molecule has 2 bridgehead atoms. The number of benzene rings is 1. The van der Waals surface area contributed by atoms with Gasteiger partial charge in [0.15, 0.2) is 0 Å². The first kappa shape index (κ1) is 14.9. The SMILES string of the molecule is Cc1cc(C)c(S(=O)(=O)NC2CC3CCC2C3)c(C)c1N. The molecule has 21 heavy (non-hydrogen) atoms. The van der Waals surface area contributed by atoms with Crippen molar-refractivity contribution in [3.63, 3.8) is 0 Å². The minimum atomic E-state index is -3.50. The fourth-order valence-electron chi connectivity index (χ4n) is 4.24. The first-order chi connectivity index (χ1) is 9.79. The molecule has 4 nitrogen and oxygen atoms in total. The van der Waals surface area contributed by atoms with Gasteiger partial charge >= 0.3 is 0 Å². The zero-order valence-corrected chi connectivity index (χ0v) is 13.8. The Morgan fingerprint density at radius 3 is 2.43 bits per heavy atom. The summed E-state index contributed by atoms with van der Waals surface area (Å²) in [6.07, 6.45) is 4.59. The molecule has 1 aromatic rings. The molecular weight excluding hydrogens is 284 g/mol. The third-order valence-electron chi connectivity index (χ3n) is 5.27. The van der Waals surface area contributed by atoms with E-state index in [9.17, 15) is 8.42 Å². The molecule has 5 heteroatoms. The normalized spacial score (nSPS) is 28.2. The van der Waals surface area contributed by atoms with Gasteiger partial charge in [0.1, 0.15) is 0 Å². The molecule has 1 aromatic carbocycles. The third kappa shape index (κ3) is 2.46. The van der Waals surface area contributed by atoms with Crippen molar-refractivity contribution in [1.29, 1.82) is 0 Å². The van der Waals surface area contributed by atoms with Gasteiger partial charge in [-0.3, -0.25) is 0 Å². The van der Waals surface area contributed by atoms with E-state index in [1.807, 2.05) is 19.9 Å². The lowest BCUT2D eigenvalue weighted by atomic mass is 9.96. The summed E-state index contributed by atoms with van der Waals surface area (Å²) in [6.45, 7) is 5.55. The summed E-state index contributed by atoms with van der Waals surface area (Å²) in [4.78, 5) is 0.369. The molecule has 3 N–H and O–H groups in total. The van der Waals surface area contributed by atoms with Crippen LogP contribution in [0, 0.1) is 32.6 Å². The Bertz CT molecular complexity index is 682. The molecule has 0 aliphatic heterocycles. The maximum absolute atomic E-state index is 12.8. The van der Waals surface area contributed by atoms with E-state index in [1.165, 1.54) is 12.8 Å². The van der Waals surface area contributed by atoms with Crippen LogP contribution < -0.4 is 10.5 Å². The summed E-state index contributed by atoms with van der Waals surface area (Å²) < 4.78 is 28.6. The van der Waals surface area contributed by atoms with E-state index in [1.54, 1.807) is 6.92 Å². The fraction of sp³-hybridized carbons (Fsp3) is 0.625. The van der Waals surface area contributed by atoms with E-state index in [0.717, 1.165) is 24.0 Å². The van der Waals surface area contributed by atoms with Crippen LogP contribution in [-0.2, 0) is 10.0 Å². The van der Waals surface area contributed by atoms with Gasteiger partial charge in [0.25, 0.3) is 0 Å². The molecule has 0 aromatic heterocycles. The molecule has 2 aliphatic carbocycles. The van der Waals surface area contributed by atoms with Crippen molar-refractivity contribution in [2.45, 2.75) is 57.4 Å². The molecule has 0 saturated heterocycles. The highest BCUT2D eigenvalue weighted by Crippen LogP contribution is 2.45. The molecule has 116 valence electrons. The number of nitrogens with two attached hydrogens (primary N) is 1. The number of sulfonamides is 1. The summed E-state index contributed by atoms with van der Waals surface area (Å²) in [5.74, 6) is 1.24. The average Bonchev–Trinajstić information content (AvgIpc) is 2.97. The highest BCUT2D eigenvalue weighted by molar-refractivity contribution is 7.89. The predicted molar refractivity (Wildman–Crippen MR) is 84.6 cm³/mol. The summed E-state index contributed by atoms with van der Waals surface area (Å²) in [7, 11) is -3.50. The van der Waals surface area contributed by atoms with E-state index >= 15 is 0 Å². The number of nitrogen functional groups attached to an aromatic ring is 1. The largest absolute Gasteiger partial charge is 0.398 e. The summed E-state index contributed by atoms with van der Waals surface area (Å²) in [5.41, 5.74) is 8.98. The Balaban J connectivity index is 1.94. The highest BCUT2D eigenvalue weighted by atomic mass is 32.2. The first-order valence-corrected chi connectivity index (χ1v) is 9.16. The zero-order valence-electron chi connectivity index (χ0n) is 12.9. The van der Waals surface area contributed by atoms with Crippen LogP contribution in [0.15, 0.2) is 11.0 Å². The van der Waals surface area contributed by atoms with Gasteiger partial charge in [-0.1, -0.05) is 12.5 Å². The smallest absolute Gasteiger partial charge is 0.241 e. The number of fused-ring (bicyclic) bond motifs is 2. The molecule has 2 aliphatic rings. The van der Waals surface area contributed by atoms with Crippen molar-refractivity contribution in [2.75, 3.05) is 5.73 Å². The maximum Gasteiger partial charge on any atom is 0.241 e. The second-order valence-electron chi connectivity index (χ2n) is 6.78. The molecular formula is C16H24N2O2S. The molecule has 0 spiro atoms. The number of hydrogen-bond donors (Lipinski definition) is 2. The third-order valence-corrected chi connectivity index (χ3v) is 7.05. The Kier molecular flexibility index (Phi) is 3.53. The minimum Gasteiger partial charge on any atom is -0.398 e. The van der Waals surface area contributed by atoms with Gasteiger partial charge in [0.05, 0.1) is 4.90 Å². The van der Waals surface area contributed by atoms with E-state index in [0.29, 0.717) is 28.0 Å². The Morgan fingerprint density at radius 2 is 1.86 bits per heavy atom. The standard InChI is InChI=1S/C16H24N2O2S/c1-9-6-10(2)16(11(3)15(9)17)21(19,20)18-14-8-12-4-5-13(14)7-12/h6,12-14,18H,4-5,7-8,17H2,1-3H3. The number of nitrogens with one attached hydrogen (secondary N) is 1. The van der Waals surface area contributed by atoms with Gasteiger partial charge in [0, 0.05) is 11.7 Å². The van der Waals surface area contributed by atoms with Crippen molar-refractivity contribution in [3.8, 4) is 0 Å². The number of rotatable bonds is 3. The molecule has 0 amide bonds. The van der Waals surface area contributed by atoms with E-state index in [-0.39, 0.29) is 6.04 Å². The van der Waals surface area contributed by atoms with Gasteiger partial charge in [-0.05, 0) is 68.6 Å². The molecule has 3 unspecified atom stereocenters. The van der Waals surface area contributed by atoms with Crippen LogP contribution in [-0.4, -0.2) is 14.5 Å². The predicted octanol–water partition coefficient (Wildman–Crippen LogP) is 2.66. The van der Waals surface area contributed by atoms with Crippen LogP contribution in [0.5, 0.6) is 0 Å². The lowest BCUT2D eigenvalue weighted by Gasteiger charge is -2.24. The van der Waals surface area contributed by atoms with Gasteiger partial charge in [-0.25, -0.2) is 13.1 Å². The summed E-state index contributed by atoms with van der Waals surface area (Å²) in [5, 5.41) is 0. The van der Waals surface area contributed by atoms with Crippen molar-refractivity contribution in [1.82, 2.24) is 4.72 Å². The van der Waals surface area contributed by atoms with E-state index in [2.05, 4.69) is 4.72 Å². The number of hydrogen-bond acceptors (Lipinski definition) is 3. The van der Waals surface area contributed by atoms with E-state index < -0.39 is 10.0 Å². The second kappa shape index (κ2) is 4.99. The van der Waals surface area contributed by atoms with Crippen LogP contribution >= 0.6 is 0 Å². The van der Waals surface area contributed by atoms with Crippen LogP contribution in [0.4, 0.5) is 5.69 Å². The van der Waals surface area contributed by atoms with Crippen LogP contribution in [0.3, 0.4) is 0 Å².